The average Bonchev–Trinajstić information content (AvgIpc) is 2.37. The van der Waals surface area contributed by atoms with Gasteiger partial charge in [0.05, 0.1) is 13.1 Å². The number of terminal acetylenes is 1. The van der Waals surface area contributed by atoms with E-state index in [1.807, 2.05) is 19.1 Å². The SMILES string of the molecule is C#CCN(CC(=O)O)C(C)c1ccc(CC)cc1. The fourth-order valence-electron chi connectivity index (χ4n) is 1.86. The summed E-state index contributed by atoms with van der Waals surface area (Å²) in [6, 6.07) is 8.22. The van der Waals surface area contributed by atoms with Crippen LogP contribution in [0.25, 0.3) is 0 Å². The molecule has 0 bridgehead atoms. The third-order valence-electron chi connectivity index (χ3n) is 3.05. The van der Waals surface area contributed by atoms with Crippen molar-refractivity contribution in [3.8, 4) is 12.3 Å². The van der Waals surface area contributed by atoms with Crippen molar-refractivity contribution in [1.29, 1.82) is 0 Å². The summed E-state index contributed by atoms with van der Waals surface area (Å²) in [5, 5.41) is 8.88. The zero-order chi connectivity index (χ0) is 13.5. The van der Waals surface area contributed by atoms with Gasteiger partial charge in [0.2, 0.25) is 0 Å². The molecule has 18 heavy (non-hydrogen) atoms. The van der Waals surface area contributed by atoms with Crippen LogP contribution in [-0.4, -0.2) is 29.1 Å². The first-order valence-electron chi connectivity index (χ1n) is 6.06. The van der Waals surface area contributed by atoms with Gasteiger partial charge < -0.3 is 5.11 Å². The molecular formula is C15H19NO2. The summed E-state index contributed by atoms with van der Waals surface area (Å²) < 4.78 is 0. The van der Waals surface area contributed by atoms with Crippen LogP contribution in [-0.2, 0) is 11.2 Å². The fraction of sp³-hybridized carbons (Fsp3) is 0.400. The highest BCUT2D eigenvalue weighted by Crippen LogP contribution is 2.20. The molecule has 0 spiro atoms. The van der Waals surface area contributed by atoms with Crippen molar-refractivity contribution in [1.82, 2.24) is 4.90 Å². The monoisotopic (exact) mass is 245 g/mol. The standard InChI is InChI=1S/C15H19NO2/c1-4-10-16(11-15(17)18)12(3)14-8-6-13(5-2)7-9-14/h1,6-9,12H,5,10-11H2,2-3H3,(H,17,18). The number of nitrogens with zero attached hydrogens (tertiary/aromatic N) is 1. The minimum atomic E-state index is -0.859. The lowest BCUT2D eigenvalue weighted by Gasteiger charge is -2.25. The van der Waals surface area contributed by atoms with Gasteiger partial charge in [0, 0.05) is 6.04 Å². The zero-order valence-corrected chi connectivity index (χ0v) is 10.9. The lowest BCUT2D eigenvalue weighted by molar-refractivity contribution is -0.138. The molecular weight excluding hydrogens is 226 g/mol. The minimum absolute atomic E-state index is 0.00283. The first-order valence-corrected chi connectivity index (χ1v) is 6.06. The van der Waals surface area contributed by atoms with E-state index in [2.05, 4.69) is 25.0 Å². The second-order valence-electron chi connectivity index (χ2n) is 4.27. The first-order chi connectivity index (χ1) is 8.58. The molecule has 0 aliphatic rings. The highest BCUT2D eigenvalue weighted by atomic mass is 16.4. The fourth-order valence-corrected chi connectivity index (χ4v) is 1.86. The molecule has 0 radical (unpaired) electrons. The van der Waals surface area contributed by atoms with E-state index in [4.69, 9.17) is 11.5 Å². The molecule has 3 nitrogen and oxygen atoms in total. The number of aryl methyl sites for hydroxylation is 1. The highest BCUT2D eigenvalue weighted by molar-refractivity contribution is 5.69. The minimum Gasteiger partial charge on any atom is -0.480 e. The molecule has 1 aromatic rings. The Balaban J connectivity index is 2.83. The number of rotatable bonds is 6. The predicted molar refractivity (Wildman–Crippen MR) is 72.3 cm³/mol. The van der Waals surface area contributed by atoms with E-state index in [9.17, 15) is 4.79 Å². The maximum atomic E-state index is 10.8. The largest absolute Gasteiger partial charge is 0.480 e. The van der Waals surface area contributed by atoms with Crippen molar-refractivity contribution in [2.75, 3.05) is 13.1 Å². The number of aliphatic carboxylic acids is 1. The highest BCUT2D eigenvalue weighted by Gasteiger charge is 2.17. The van der Waals surface area contributed by atoms with E-state index in [1.165, 1.54) is 5.56 Å². The molecule has 1 unspecified atom stereocenters. The van der Waals surface area contributed by atoms with Crippen LogP contribution in [0.2, 0.25) is 0 Å². The maximum Gasteiger partial charge on any atom is 0.317 e. The molecule has 0 amide bonds. The molecule has 0 fully saturated rings. The van der Waals surface area contributed by atoms with Gasteiger partial charge in [-0.2, -0.15) is 0 Å². The summed E-state index contributed by atoms with van der Waals surface area (Å²) in [6.07, 6.45) is 6.28. The van der Waals surface area contributed by atoms with Crippen LogP contribution in [0.3, 0.4) is 0 Å². The topological polar surface area (TPSA) is 40.5 Å². The molecule has 0 aromatic heterocycles. The molecule has 3 heteroatoms. The third-order valence-corrected chi connectivity index (χ3v) is 3.05. The van der Waals surface area contributed by atoms with Crippen molar-refractivity contribution in [2.45, 2.75) is 26.3 Å². The normalized spacial score (nSPS) is 12.1. The van der Waals surface area contributed by atoms with Gasteiger partial charge in [0.1, 0.15) is 0 Å². The van der Waals surface area contributed by atoms with Gasteiger partial charge in [-0.05, 0) is 24.5 Å². The Morgan fingerprint density at radius 2 is 2.06 bits per heavy atom. The van der Waals surface area contributed by atoms with Crippen LogP contribution in [0.4, 0.5) is 0 Å². The smallest absolute Gasteiger partial charge is 0.317 e. The van der Waals surface area contributed by atoms with Gasteiger partial charge in [0.25, 0.3) is 0 Å². The molecule has 96 valence electrons. The van der Waals surface area contributed by atoms with Crippen molar-refractivity contribution in [3.05, 3.63) is 35.4 Å². The Kier molecular flexibility index (Phi) is 5.41. The maximum absolute atomic E-state index is 10.8. The molecule has 1 rings (SSSR count). The zero-order valence-electron chi connectivity index (χ0n) is 10.9. The van der Waals surface area contributed by atoms with Crippen LogP contribution in [0.5, 0.6) is 0 Å². The van der Waals surface area contributed by atoms with E-state index in [-0.39, 0.29) is 12.6 Å². The number of hydrogen-bond donors (Lipinski definition) is 1. The summed E-state index contributed by atoms with van der Waals surface area (Å²) in [7, 11) is 0. The van der Waals surface area contributed by atoms with Crippen molar-refractivity contribution in [3.63, 3.8) is 0 Å². The van der Waals surface area contributed by atoms with E-state index >= 15 is 0 Å². The molecule has 1 aromatic carbocycles. The molecule has 0 saturated carbocycles. The predicted octanol–water partition coefficient (Wildman–Crippen LogP) is 2.33. The number of carbonyl (C=O) groups is 1. The second kappa shape index (κ2) is 6.83. The second-order valence-corrected chi connectivity index (χ2v) is 4.27. The lowest BCUT2D eigenvalue weighted by atomic mass is 10.0. The van der Waals surface area contributed by atoms with Gasteiger partial charge >= 0.3 is 5.97 Å². The third kappa shape index (κ3) is 3.90. The van der Waals surface area contributed by atoms with E-state index in [1.54, 1.807) is 4.90 Å². The van der Waals surface area contributed by atoms with Crippen LogP contribution >= 0.6 is 0 Å². The van der Waals surface area contributed by atoms with Crippen molar-refractivity contribution >= 4 is 5.97 Å². The number of hydrogen-bond acceptors (Lipinski definition) is 2. The summed E-state index contributed by atoms with van der Waals surface area (Å²) >= 11 is 0. The van der Waals surface area contributed by atoms with E-state index in [0.29, 0.717) is 6.54 Å². The Morgan fingerprint density at radius 3 is 2.50 bits per heavy atom. The Labute approximate surface area is 108 Å². The Bertz CT molecular complexity index is 431. The van der Waals surface area contributed by atoms with Gasteiger partial charge in [-0.25, -0.2) is 0 Å². The molecule has 0 aliphatic heterocycles. The summed E-state index contributed by atoms with van der Waals surface area (Å²) in [6.45, 7) is 4.37. The summed E-state index contributed by atoms with van der Waals surface area (Å²) in [4.78, 5) is 12.6. The number of carboxylic acid groups (broad SMARTS) is 1. The first kappa shape index (κ1) is 14.3. The van der Waals surface area contributed by atoms with Gasteiger partial charge in [-0.1, -0.05) is 37.1 Å². The number of benzene rings is 1. The van der Waals surface area contributed by atoms with Crippen LogP contribution < -0.4 is 0 Å². The molecule has 1 N–H and O–H groups in total. The molecule has 1 atom stereocenters. The Morgan fingerprint density at radius 1 is 1.44 bits per heavy atom. The van der Waals surface area contributed by atoms with Gasteiger partial charge in [-0.15, -0.1) is 6.42 Å². The molecule has 0 aliphatic carbocycles. The van der Waals surface area contributed by atoms with Crippen molar-refractivity contribution in [2.24, 2.45) is 0 Å². The summed E-state index contributed by atoms with van der Waals surface area (Å²) in [5.74, 6) is 1.65. The van der Waals surface area contributed by atoms with Crippen LogP contribution in [0.1, 0.15) is 31.0 Å². The van der Waals surface area contributed by atoms with Gasteiger partial charge in [-0.3, -0.25) is 9.69 Å². The summed E-state index contributed by atoms with van der Waals surface area (Å²) in [5.41, 5.74) is 2.36. The van der Waals surface area contributed by atoms with Crippen molar-refractivity contribution < 1.29 is 9.90 Å². The van der Waals surface area contributed by atoms with Gasteiger partial charge in [0.15, 0.2) is 0 Å². The van der Waals surface area contributed by atoms with Crippen LogP contribution in [0.15, 0.2) is 24.3 Å². The number of carboxylic acids is 1. The quantitative estimate of drug-likeness (QED) is 0.782. The molecule has 0 saturated heterocycles. The van der Waals surface area contributed by atoms with Crippen LogP contribution in [0, 0.1) is 12.3 Å². The van der Waals surface area contributed by atoms with E-state index < -0.39 is 5.97 Å². The molecule has 0 heterocycles. The van der Waals surface area contributed by atoms with E-state index in [0.717, 1.165) is 12.0 Å². The Hall–Kier alpha value is -1.79. The average molecular weight is 245 g/mol. The lowest BCUT2D eigenvalue weighted by Crippen LogP contribution is -2.32.